The van der Waals surface area contributed by atoms with Crippen LogP contribution in [-0.4, -0.2) is 51.4 Å². The molecule has 0 spiro atoms. The molecule has 1 N–H and O–H groups in total. The third kappa shape index (κ3) is 4.12. The van der Waals surface area contributed by atoms with E-state index in [1.165, 1.54) is 12.1 Å². The third-order valence-electron chi connectivity index (χ3n) is 4.70. The zero-order valence-corrected chi connectivity index (χ0v) is 16.2. The van der Waals surface area contributed by atoms with Crippen molar-refractivity contribution < 1.29 is 17.6 Å². The first-order chi connectivity index (χ1) is 12.9. The van der Waals surface area contributed by atoms with Crippen molar-refractivity contribution in [3.05, 3.63) is 47.2 Å². The van der Waals surface area contributed by atoms with Gasteiger partial charge in [0.1, 0.15) is 0 Å². The second kappa shape index (κ2) is 7.18. The Bertz CT molecular complexity index is 947. The van der Waals surface area contributed by atoms with E-state index >= 15 is 0 Å². The SMILES string of the molecule is O=C(c1ccc(S(=O)(=O)NC2CC2)o1)N1CCN(c2cccc(Cl)c2)CC1. The second-order valence-electron chi connectivity index (χ2n) is 6.77. The molecule has 0 bridgehead atoms. The number of piperazine rings is 1. The van der Waals surface area contributed by atoms with E-state index in [0.29, 0.717) is 31.2 Å². The summed E-state index contributed by atoms with van der Waals surface area (Å²) in [6.07, 6.45) is 1.67. The Balaban J connectivity index is 1.39. The molecule has 4 rings (SSSR count). The smallest absolute Gasteiger partial charge is 0.289 e. The van der Waals surface area contributed by atoms with E-state index in [4.69, 9.17) is 16.0 Å². The number of benzene rings is 1. The first-order valence-electron chi connectivity index (χ1n) is 8.84. The van der Waals surface area contributed by atoms with Crippen molar-refractivity contribution in [2.24, 2.45) is 0 Å². The van der Waals surface area contributed by atoms with Gasteiger partial charge < -0.3 is 14.2 Å². The maximum Gasteiger partial charge on any atom is 0.289 e. The van der Waals surface area contributed by atoms with Crippen LogP contribution in [0.2, 0.25) is 5.02 Å². The first-order valence-corrected chi connectivity index (χ1v) is 10.7. The number of rotatable bonds is 5. The molecule has 1 aliphatic carbocycles. The highest BCUT2D eigenvalue weighted by Gasteiger charge is 2.31. The maximum atomic E-state index is 12.6. The number of halogens is 1. The summed E-state index contributed by atoms with van der Waals surface area (Å²) in [6.45, 7) is 2.38. The van der Waals surface area contributed by atoms with E-state index in [1.807, 2.05) is 24.3 Å². The normalized spacial score (nSPS) is 18.0. The predicted octanol–water partition coefficient (Wildman–Crippen LogP) is 2.34. The molecule has 1 aliphatic heterocycles. The van der Waals surface area contributed by atoms with Gasteiger partial charge in [-0.15, -0.1) is 0 Å². The molecule has 144 valence electrons. The summed E-state index contributed by atoms with van der Waals surface area (Å²) in [5.74, 6) is -0.254. The maximum absolute atomic E-state index is 12.6. The van der Waals surface area contributed by atoms with Crippen LogP contribution in [0.25, 0.3) is 0 Å². The van der Waals surface area contributed by atoms with Gasteiger partial charge in [-0.1, -0.05) is 17.7 Å². The number of nitrogens with one attached hydrogen (secondary N) is 1. The van der Waals surface area contributed by atoms with Crippen LogP contribution in [0.4, 0.5) is 5.69 Å². The molecule has 0 radical (unpaired) electrons. The lowest BCUT2D eigenvalue weighted by Crippen LogP contribution is -2.48. The lowest BCUT2D eigenvalue weighted by Gasteiger charge is -2.35. The molecule has 7 nitrogen and oxygen atoms in total. The molecule has 2 aliphatic rings. The van der Waals surface area contributed by atoms with E-state index < -0.39 is 10.0 Å². The molecule has 2 heterocycles. The minimum absolute atomic E-state index is 0.0150. The molecule has 1 aromatic heterocycles. The zero-order chi connectivity index (χ0) is 19.0. The van der Waals surface area contributed by atoms with E-state index in [-0.39, 0.29) is 22.8 Å². The Kier molecular flexibility index (Phi) is 4.88. The van der Waals surface area contributed by atoms with Gasteiger partial charge >= 0.3 is 0 Å². The summed E-state index contributed by atoms with van der Waals surface area (Å²) in [6, 6.07) is 10.4. The number of nitrogens with zero attached hydrogens (tertiary/aromatic N) is 2. The standard InChI is InChI=1S/C18H20ClN3O4S/c19-13-2-1-3-15(12-13)21-8-10-22(11-9-21)18(23)16-6-7-17(26-16)27(24,25)20-14-4-5-14/h1-3,6-7,12,14,20H,4-5,8-11H2. The minimum atomic E-state index is -3.70. The summed E-state index contributed by atoms with van der Waals surface area (Å²) in [5, 5.41) is 0.463. The Morgan fingerprint density at radius 3 is 2.52 bits per heavy atom. The van der Waals surface area contributed by atoms with Crippen LogP contribution < -0.4 is 9.62 Å². The summed E-state index contributed by atoms with van der Waals surface area (Å²) in [7, 11) is -3.70. The lowest BCUT2D eigenvalue weighted by atomic mass is 10.2. The van der Waals surface area contributed by atoms with Gasteiger partial charge in [-0.3, -0.25) is 4.79 Å². The fraction of sp³-hybridized carbons (Fsp3) is 0.389. The molecule has 1 saturated heterocycles. The predicted molar refractivity (Wildman–Crippen MR) is 102 cm³/mol. The Labute approximate surface area is 162 Å². The summed E-state index contributed by atoms with van der Waals surface area (Å²) in [4.78, 5) is 16.5. The van der Waals surface area contributed by atoms with Crippen molar-refractivity contribution in [2.45, 2.75) is 24.0 Å². The molecule has 2 aromatic rings. The van der Waals surface area contributed by atoms with Gasteiger partial charge in [-0.25, -0.2) is 13.1 Å². The highest BCUT2D eigenvalue weighted by atomic mass is 35.5. The quantitative estimate of drug-likeness (QED) is 0.819. The van der Waals surface area contributed by atoms with Gasteiger partial charge in [0, 0.05) is 42.9 Å². The topological polar surface area (TPSA) is 82.9 Å². The van der Waals surface area contributed by atoms with E-state index in [0.717, 1.165) is 18.5 Å². The average Bonchev–Trinajstić information content (AvgIpc) is 3.31. The molecular formula is C18H20ClN3O4S. The summed E-state index contributed by atoms with van der Waals surface area (Å²) in [5.41, 5.74) is 1.02. The van der Waals surface area contributed by atoms with Gasteiger partial charge in [0.15, 0.2) is 5.76 Å². The highest BCUT2D eigenvalue weighted by molar-refractivity contribution is 7.89. The van der Waals surface area contributed by atoms with Gasteiger partial charge in [0.25, 0.3) is 15.9 Å². The van der Waals surface area contributed by atoms with Crippen molar-refractivity contribution in [1.82, 2.24) is 9.62 Å². The molecular weight excluding hydrogens is 390 g/mol. The van der Waals surface area contributed by atoms with Crippen LogP contribution >= 0.6 is 11.6 Å². The molecule has 1 saturated carbocycles. The zero-order valence-electron chi connectivity index (χ0n) is 14.6. The number of furan rings is 1. The van der Waals surface area contributed by atoms with Crippen molar-refractivity contribution in [3.8, 4) is 0 Å². The van der Waals surface area contributed by atoms with Gasteiger partial charge in [-0.05, 0) is 43.2 Å². The van der Waals surface area contributed by atoms with Gasteiger partial charge in [0.05, 0.1) is 0 Å². The summed E-state index contributed by atoms with van der Waals surface area (Å²) < 4.78 is 32.2. The molecule has 1 amide bonds. The molecule has 0 atom stereocenters. The lowest BCUT2D eigenvalue weighted by molar-refractivity contribution is 0.0709. The van der Waals surface area contributed by atoms with Crippen LogP contribution in [0.15, 0.2) is 45.9 Å². The second-order valence-corrected chi connectivity index (χ2v) is 8.85. The third-order valence-corrected chi connectivity index (χ3v) is 6.32. The van der Waals surface area contributed by atoms with Gasteiger partial charge in [-0.2, -0.15) is 0 Å². The van der Waals surface area contributed by atoms with Crippen LogP contribution in [0.5, 0.6) is 0 Å². The van der Waals surface area contributed by atoms with E-state index in [1.54, 1.807) is 4.90 Å². The van der Waals surface area contributed by atoms with Crippen molar-refractivity contribution in [2.75, 3.05) is 31.1 Å². The first kappa shape index (κ1) is 18.3. The Morgan fingerprint density at radius 2 is 1.85 bits per heavy atom. The van der Waals surface area contributed by atoms with Crippen molar-refractivity contribution >= 4 is 33.2 Å². The van der Waals surface area contributed by atoms with E-state index in [9.17, 15) is 13.2 Å². The number of anilines is 1. The molecule has 1 aromatic carbocycles. The highest BCUT2D eigenvalue weighted by Crippen LogP contribution is 2.24. The number of amides is 1. The van der Waals surface area contributed by atoms with Crippen LogP contribution in [-0.2, 0) is 10.0 Å². The fourth-order valence-electron chi connectivity index (χ4n) is 3.05. The van der Waals surface area contributed by atoms with Gasteiger partial charge in [0.2, 0.25) is 5.09 Å². The number of carbonyl (C=O) groups is 1. The Morgan fingerprint density at radius 1 is 1.11 bits per heavy atom. The monoisotopic (exact) mass is 409 g/mol. The minimum Gasteiger partial charge on any atom is -0.438 e. The average molecular weight is 410 g/mol. The Hall–Kier alpha value is -2.03. The fourth-order valence-corrected chi connectivity index (χ4v) is 4.48. The largest absolute Gasteiger partial charge is 0.438 e. The number of hydrogen-bond donors (Lipinski definition) is 1. The van der Waals surface area contributed by atoms with Crippen molar-refractivity contribution in [3.63, 3.8) is 0 Å². The van der Waals surface area contributed by atoms with E-state index in [2.05, 4.69) is 9.62 Å². The molecule has 27 heavy (non-hydrogen) atoms. The molecule has 9 heteroatoms. The number of sulfonamides is 1. The van der Waals surface area contributed by atoms with Crippen molar-refractivity contribution in [1.29, 1.82) is 0 Å². The molecule has 0 unspecified atom stereocenters. The summed E-state index contributed by atoms with van der Waals surface area (Å²) >= 11 is 6.04. The van der Waals surface area contributed by atoms with Crippen LogP contribution in [0, 0.1) is 0 Å². The number of hydrogen-bond acceptors (Lipinski definition) is 5. The van der Waals surface area contributed by atoms with Crippen LogP contribution in [0.3, 0.4) is 0 Å². The number of carbonyl (C=O) groups excluding carboxylic acids is 1. The molecule has 2 fully saturated rings. The van der Waals surface area contributed by atoms with Crippen LogP contribution in [0.1, 0.15) is 23.4 Å².